The summed E-state index contributed by atoms with van der Waals surface area (Å²) in [5.41, 5.74) is 5.24. The Bertz CT molecular complexity index is 156. The fourth-order valence-corrected chi connectivity index (χ4v) is 1.48. The number of piperidine rings is 1. The molecule has 1 heterocycles. The number of nitrogens with two attached hydrogens (primary N) is 1. The monoisotopic (exact) mass is 186 g/mol. The zero-order chi connectivity index (χ0) is 9.52. The maximum atomic E-state index is 11.4. The summed E-state index contributed by atoms with van der Waals surface area (Å²) < 4.78 is 5.08. The summed E-state index contributed by atoms with van der Waals surface area (Å²) in [4.78, 5) is 13.3. The van der Waals surface area contributed by atoms with Crippen LogP contribution in [0.25, 0.3) is 0 Å². The average Bonchev–Trinajstić information content (AvgIpc) is 2.19. The molecule has 1 aliphatic heterocycles. The molecule has 0 bridgehead atoms. The second-order valence-electron chi connectivity index (χ2n) is 3.28. The van der Waals surface area contributed by atoms with Crippen LogP contribution in [-0.2, 0) is 9.53 Å². The van der Waals surface area contributed by atoms with Crippen LogP contribution in [0.2, 0.25) is 0 Å². The van der Waals surface area contributed by atoms with Gasteiger partial charge >= 0.3 is 0 Å². The molecule has 1 rings (SSSR count). The molecule has 0 aliphatic carbocycles. The third-order valence-electron chi connectivity index (χ3n) is 2.20. The van der Waals surface area contributed by atoms with E-state index in [9.17, 15) is 4.79 Å². The normalized spacial score (nSPS) is 17.5. The zero-order valence-corrected chi connectivity index (χ0v) is 8.00. The molecule has 4 nitrogen and oxygen atoms in total. The molecule has 2 N–H and O–H groups in total. The van der Waals surface area contributed by atoms with Gasteiger partial charge in [0.1, 0.15) is 6.61 Å². The highest BCUT2D eigenvalue weighted by Gasteiger charge is 2.15. The van der Waals surface area contributed by atoms with Gasteiger partial charge in [0.15, 0.2) is 0 Å². The number of carbonyl (C=O) groups is 1. The van der Waals surface area contributed by atoms with Gasteiger partial charge < -0.3 is 15.4 Å². The Morgan fingerprint density at radius 1 is 1.31 bits per heavy atom. The van der Waals surface area contributed by atoms with Crippen molar-refractivity contribution in [2.24, 2.45) is 5.73 Å². The van der Waals surface area contributed by atoms with E-state index in [4.69, 9.17) is 10.5 Å². The van der Waals surface area contributed by atoms with Gasteiger partial charge in [0, 0.05) is 19.6 Å². The standard InChI is InChI=1S/C9H18N2O2/c10-4-7-13-8-9(12)11-5-2-1-3-6-11/h1-8,10H2. The van der Waals surface area contributed by atoms with Crippen molar-refractivity contribution in [2.75, 3.05) is 32.8 Å². The highest BCUT2D eigenvalue weighted by molar-refractivity contribution is 5.77. The quantitative estimate of drug-likeness (QED) is 0.627. The Balaban J connectivity index is 2.13. The molecule has 0 radical (unpaired) electrons. The van der Waals surface area contributed by atoms with E-state index in [2.05, 4.69) is 0 Å². The minimum Gasteiger partial charge on any atom is -0.370 e. The molecule has 13 heavy (non-hydrogen) atoms. The summed E-state index contributed by atoms with van der Waals surface area (Å²) in [6.07, 6.45) is 3.50. The molecule has 0 unspecified atom stereocenters. The van der Waals surface area contributed by atoms with Crippen LogP contribution in [0, 0.1) is 0 Å². The maximum absolute atomic E-state index is 11.4. The van der Waals surface area contributed by atoms with Crippen LogP contribution in [0.3, 0.4) is 0 Å². The van der Waals surface area contributed by atoms with E-state index in [0.29, 0.717) is 13.2 Å². The van der Waals surface area contributed by atoms with Crippen molar-refractivity contribution >= 4 is 5.91 Å². The number of nitrogens with zero attached hydrogens (tertiary/aromatic N) is 1. The van der Waals surface area contributed by atoms with E-state index in [0.717, 1.165) is 25.9 Å². The highest BCUT2D eigenvalue weighted by atomic mass is 16.5. The van der Waals surface area contributed by atoms with Gasteiger partial charge in [0.05, 0.1) is 6.61 Å². The van der Waals surface area contributed by atoms with Crippen molar-refractivity contribution in [2.45, 2.75) is 19.3 Å². The van der Waals surface area contributed by atoms with Crippen LogP contribution in [-0.4, -0.2) is 43.7 Å². The Morgan fingerprint density at radius 2 is 2.00 bits per heavy atom. The molecule has 1 saturated heterocycles. The van der Waals surface area contributed by atoms with Gasteiger partial charge in [-0.25, -0.2) is 0 Å². The predicted octanol–water partition coefficient (Wildman–Crippen LogP) is -0.0258. The first-order valence-electron chi connectivity index (χ1n) is 4.90. The lowest BCUT2D eigenvalue weighted by Gasteiger charge is -2.26. The van der Waals surface area contributed by atoms with Crippen LogP contribution >= 0.6 is 0 Å². The summed E-state index contributed by atoms with van der Waals surface area (Å²) in [7, 11) is 0. The molecule has 0 aromatic heterocycles. The summed E-state index contributed by atoms with van der Waals surface area (Å²) in [6, 6.07) is 0. The zero-order valence-electron chi connectivity index (χ0n) is 8.00. The molecule has 1 amide bonds. The topological polar surface area (TPSA) is 55.6 Å². The summed E-state index contributed by atoms with van der Waals surface area (Å²) in [5, 5.41) is 0. The van der Waals surface area contributed by atoms with Crippen LogP contribution < -0.4 is 5.73 Å². The number of hydrogen-bond donors (Lipinski definition) is 1. The van der Waals surface area contributed by atoms with E-state index < -0.39 is 0 Å². The van der Waals surface area contributed by atoms with Crippen molar-refractivity contribution in [3.05, 3.63) is 0 Å². The second-order valence-corrected chi connectivity index (χ2v) is 3.28. The molecular formula is C9H18N2O2. The Kier molecular flexibility index (Phi) is 4.78. The van der Waals surface area contributed by atoms with Gasteiger partial charge in [-0.3, -0.25) is 4.79 Å². The highest BCUT2D eigenvalue weighted by Crippen LogP contribution is 2.08. The largest absolute Gasteiger partial charge is 0.370 e. The number of rotatable bonds is 4. The first kappa shape index (κ1) is 10.5. The lowest BCUT2D eigenvalue weighted by atomic mass is 10.1. The van der Waals surface area contributed by atoms with Gasteiger partial charge in [-0.05, 0) is 19.3 Å². The molecule has 0 aromatic carbocycles. The van der Waals surface area contributed by atoms with Gasteiger partial charge in [-0.2, -0.15) is 0 Å². The predicted molar refractivity (Wildman–Crippen MR) is 50.3 cm³/mol. The fraction of sp³-hybridized carbons (Fsp3) is 0.889. The smallest absolute Gasteiger partial charge is 0.248 e. The molecule has 1 fully saturated rings. The van der Waals surface area contributed by atoms with Crippen molar-refractivity contribution in [3.63, 3.8) is 0 Å². The van der Waals surface area contributed by atoms with Crippen molar-refractivity contribution in [3.8, 4) is 0 Å². The minimum atomic E-state index is 0.105. The molecule has 76 valence electrons. The van der Waals surface area contributed by atoms with E-state index in [1.165, 1.54) is 6.42 Å². The average molecular weight is 186 g/mol. The van der Waals surface area contributed by atoms with Crippen LogP contribution in [0.4, 0.5) is 0 Å². The van der Waals surface area contributed by atoms with Gasteiger partial charge in [-0.15, -0.1) is 0 Å². The molecule has 0 saturated carbocycles. The fourth-order valence-electron chi connectivity index (χ4n) is 1.48. The number of carbonyl (C=O) groups excluding carboxylic acids is 1. The van der Waals surface area contributed by atoms with E-state index >= 15 is 0 Å². The van der Waals surface area contributed by atoms with Crippen LogP contribution in [0.15, 0.2) is 0 Å². The third kappa shape index (κ3) is 3.74. The van der Waals surface area contributed by atoms with E-state index in [1.54, 1.807) is 0 Å². The first-order chi connectivity index (χ1) is 6.34. The maximum Gasteiger partial charge on any atom is 0.248 e. The van der Waals surface area contributed by atoms with E-state index in [-0.39, 0.29) is 12.5 Å². The molecule has 0 aromatic rings. The lowest BCUT2D eigenvalue weighted by molar-refractivity contribution is -0.136. The lowest BCUT2D eigenvalue weighted by Crippen LogP contribution is -2.38. The van der Waals surface area contributed by atoms with Gasteiger partial charge in [0.2, 0.25) is 5.91 Å². The number of amides is 1. The molecule has 0 atom stereocenters. The number of ether oxygens (including phenoxy) is 1. The van der Waals surface area contributed by atoms with E-state index in [1.807, 2.05) is 4.90 Å². The SMILES string of the molecule is NCCOCC(=O)N1CCCCC1. The third-order valence-corrected chi connectivity index (χ3v) is 2.20. The van der Waals surface area contributed by atoms with Gasteiger partial charge in [-0.1, -0.05) is 0 Å². The summed E-state index contributed by atoms with van der Waals surface area (Å²) in [6.45, 7) is 2.93. The van der Waals surface area contributed by atoms with Crippen molar-refractivity contribution in [1.29, 1.82) is 0 Å². The first-order valence-corrected chi connectivity index (χ1v) is 4.90. The number of hydrogen-bond acceptors (Lipinski definition) is 3. The minimum absolute atomic E-state index is 0.105. The van der Waals surface area contributed by atoms with Crippen molar-refractivity contribution < 1.29 is 9.53 Å². The summed E-state index contributed by atoms with van der Waals surface area (Å²) >= 11 is 0. The van der Waals surface area contributed by atoms with Crippen LogP contribution in [0.1, 0.15) is 19.3 Å². The molecule has 0 spiro atoms. The van der Waals surface area contributed by atoms with Gasteiger partial charge in [0.25, 0.3) is 0 Å². The second kappa shape index (κ2) is 5.94. The summed E-state index contributed by atoms with van der Waals surface area (Å²) in [5.74, 6) is 0.105. The molecule has 4 heteroatoms. The van der Waals surface area contributed by atoms with Crippen LogP contribution in [0.5, 0.6) is 0 Å². The Labute approximate surface area is 79.0 Å². The Hall–Kier alpha value is -0.610. The molecule has 1 aliphatic rings. The molecular weight excluding hydrogens is 168 g/mol. The number of likely N-dealkylation sites (tertiary alicyclic amines) is 1. The Morgan fingerprint density at radius 3 is 2.62 bits per heavy atom. The van der Waals surface area contributed by atoms with Crippen molar-refractivity contribution in [1.82, 2.24) is 4.90 Å².